The molecular formula is C19H21N5O2S. The molecule has 1 heterocycles. The smallest absolute Gasteiger partial charge is 0.237 e. The van der Waals surface area contributed by atoms with E-state index in [-0.39, 0.29) is 11.2 Å². The summed E-state index contributed by atoms with van der Waals surface area (Å²) in [5.74, 6) is 0.572. The first-order valence-electron chi connectivity index (χ1n) is 8.63. The van der Waals surface area contributed by atoms with Crippen molar-refractivity contribution in [1.82, 2.24) is 20.2 Å². The lowest BCUT2D eigenvalue weighted by atomic mass is 10.2. The van der Waals surface area contributed by atoms with Crippen LogP contribution in [0.2, 0.25) is 0 Å². The molecule has 0 aliphatic rings. The Morgan fingerprint density at radius 1 is 1.22 bits per heavy atom. The van der Waals surface area contributed by atoms with Crippen molar-refractivity contribution in [3.63, 3.8) is 0 Å². The van der Waals surface area contributed by atoms with Crippen LogP contribution in [0.4, 0.5) is 5.69 Å². The van der Waals surface area contributed by atoms with Gasteiger partial charge >= 0.3 is 0 Å². The number of aromatic nitrogens is 4. The van der Waals surface area contributed by atoms with E-state index in [9.17, 15) is 4.79 Å². The first kappa shape index (κ1) is 18.9. The Labute approximate surface area is 162 Å². The molecule has 0 saturated heterocycles. The molecular weight excluding hydrogens is 362 g/mol. The quantitative estimate of drug-likeness (QED) is 0.629. The van der Waals surface area contributed by atoms with Gasteiger partial charge in [0.2, 0.25) is 11.1 Å². The van der Waals surface area contributed by atoms with Crippen molar-refractivity contribution in [2.24, 2.45) is 0 Å². The molecule has 1 unspecified atom stereocenters. The summed E-state index contributed by atoms with van der Waals surface area (Å²) in [6, 6.07) is 15.2. The topological polar surface area (TPSA) is 81.9 Å². The zero-order valence-electron chi connectivity index (χ0n) is 15.4. The third kappa shape index (κ3) is 4.65. The molecule has 8 heteroatoms. The number of tetrazole rings is 1. The van der Waals surface area contributed by atoms with Gasteiger partial charge in [0.05, 0.1) is 11.9 Å². The van der Waals surface area contributed by atoms with Crippen LogP contribution in [-0.2, 0) is 4.79 Å². The number of hydrogen-bond acceptors (Lipinski definition) is 6. The lowest BCUT2D eigenvalue weighted by Gasteiger charge is -2.13. The molecule has 1 atom stereocenters. The second kappa shape index (κ2) is 8.68. The maximum Gasteiger partial charge on any atom is 0.237 e. The minimum atomic E-state index is -0.379. The molecule has 140 valence electrons. The van der Waals surface area contributed by atoms with E-state index in [1.54, 1.807) is 4.68 Å². The number of amides is 1. The highest BCUT2D eigenvalue weighted by Gasteiger charge is 2.20. The van der Waals surface area contributed by atoms with Gasteiger partial charge in [0.25, 0.3) is 0 Å². The zero-order valence-corrected chi connectivity index (χ0v) is 16.2. The summed E-state index contributed by atoms with van der Waals surface area (Å²) in [6.45, 7) is 6.28. The van der Waals surface area contributed by atoms with Gasteiger partial charge in [0, 0.05) is 5.69 Å². The van der Waals surface area contributed by atoms with E-state index in [0.29, 0.717) is 17.5 Å². The number of aryl methyl sites for hydroxylation is 1. The van der Waals surface area contributed by atoms with E-state index in [1.165, 1.54) is 11.8 Å². The highest BCUT2D eigenvalue weighted by Crippen LogP contribution is 2.28. The molecule has 0 radical (unpaired) electrons. The van der Waals surface area contributed by atoms with Crippen LogP contribution in [0.5, 0.6) is 5.75 Å². The van der Waals surface area contributed by atoms with Crippen molar-refractivity contribution in [1.29, 1.82) is 0 Å². The zero-order chi connectivity index (χ0) is 19.2. The lowest BCUT2D eigenvalue weighted by Crippen LogP contribution is -2.23. The molecule has 2 aromatic carbocycles. The standard InChI is InChI=1S/C19H21N5O2S/c1-4-26-17-8-6-5-7-16(17)24-19(21-22-23-24)27-14(3)18(25)20-15-11-9-13(2)10-12-15/h5-12,14H,4H2,1-3H3,(H,20,25). The highest BCUT2D eigenvalue weighted by molar-refractivity contribution is 8.00. The van der Waals surface area contributed by atoms with E-state index >= 15 is 0 Å². The number of rotatable bonds is 7. The lowest BCUT2D eigenvalue weighted by molar-refractivity contribution is -0.115. The monoisotopic (exact) mass is 383 g/mol. The average Bonchev–Trinajstić information content (AvgIpc) is 3.12. The minimum Gasteiger partial charge on any atom is -0.492 e. The normalized spacial score (nSPS) is 11.8. The predicted octanol–water partition coefficient (Wildman–Crippen LogP) is 3.49. The van der Waals surface area contributed by atoms with Crippen molar-refractivity contribution in [2.75, 3.05) is 11.9 Å². The molecule has 7 nitrogen and oxygen atoms in total. The van der Waals surface area contributed by atoms with E-state index in [1.807, 2.05) is 69.3 Å². The third-order valence-corrected chi connectivity index (χ3v) is 4.84. The SMILES string of the molecule is CCOc1ccccc1-n1nnnc1SC(C)C(=O)Nc1ccc(C)cc1. The predicted molar refractivity (Wildman–Crippen MR) is 105 cm³/mol. The Morgan fingerprint density at radius 3 is 2.70 bits per heavy atom. The molecule has 3 aromatic rings. The number of anilines is 1. The number of carbonyl (C=O) groups excluding carboxylic acids is 1. The van der Waals surface area contributed by atoms with Gasteiger partial charge in [-0.05, 0) is 55.5 Å². The number of hydrogen-bond donors (Lipinski definition) is 1. The molecule has 1 aromatic heterocycles. The number of thioether (sulfide) groups is 1. The molecule has 0 bridgehead atoms. The summed E-state index contributed by atoms with van der Waals surface area (Å²) in [7, 11) is 0. The van der Waals surface area contributed by atoms with Crippen molar-refractivity contribution in [3.8, 4) is 11.4 Å². The van der Waals surface area contributed by atoms with Gasteiger partial charge in [0.1, 0.15) is 11.4 Å². The van der Waals surface area contributed by atoms with Gasteiger partial charge in [-0.25, -0.2) is 0 Å². The van der Waals surface area contributed by atoms with E-state index < -0.39 is 0 Å². The van der Waals surface area contributed by atoms with Gasteiger partial charge in [-0.2, -0.15) is 4.68 Å². The first-order chi connectivity index (χ1) is 13.1. The summed E-state index contributed by atoms with van der Waals surface area (Å²) >= 11 is 1.29. The molecule has 0 aliphatic heterocycles. The molecule has 27 heavy (non-hydrogen) atoms. The van der Waals surface area contributed by atoms with Crippen molar-refractivity contribution in [3.05, 3.63) is 54.1 Å². The van der Waals surface area contributed by atoms with Crippen LogP contribution < -0.4 is 10.1 Å². The summed E-state index contributed by atoms with van der Waals surface area (Å²) in [4.78, 5) is 12.5. The first-order valence-corrected chi connectivity index (χ1v) is 9.51. The summed E-state index contributed by atoms with van der Waals surface area (Å²) in [5.41, 5.74) is 2.64. The Kier molecular flexibility index (Phi) is 6.08. The molecule has 0 aliphatic carbocycles. The minimum absolute atomic E-state index is 0.114. The van der Waals surface area contributed by atoms with Crippen LogP contribution >= 0.6 is 11.8 Å². The third-order valence-electron chi connectivity index (χ3n) is 3.80. The molecule has 1 amide bonds. The Hall–Kier alpha value is -2.87. The highest BCUT2D eigenvalue weighted by atomic mass is 32.2. The van der Waals surface area contributed by atoms with Gasteiger partial charge in [-0.15, -0.1) is 5.10 Å². The fourth-order valence-corrected chi connectivity index (χ4v) is 3.21. The number of carbonyl (C=O) groups is 1. The molecule has 3 rings (SSSR count). The van der Waals surface area contributed by atoms with Gasteiger partial charge in [0.15, 0.2) is 0 Å². The molecule has 1 N–H and O–H groups in total. The van der Waals surface area contributed by atoms with Crippen LogP contribution in [0.15, 0.2) is 53.7 Å². The fourth-order valence-electron chi connectivity index (χ4n) is 2.41. The van der Waals surface area contributed by atoms with Gasteiger partial charge in [-0.1, -0.05) is 41.6 Å². The largest absolute Gasteiger partial charge is 0.492 e. The maximum atomic E-state index is 12.5. The number of nitrogens with zero attached hydrogens (tertiary/aromatic N) is 4. The summed E-state index contributed by atoms with van der Waals surface area (Å²) < 4.78 is 7.24. The van der Waals surface area contributed by atoms with Crippen molar-refractivity contribution >= 4 is 23.4 Å². The van der Waals surface area contributed by atoms with E-state index in [0.717, 1.165) is 16.9 Å². The summed E-state index contributed by atoms with van der Waals surface area (Å²) in [5, 5.41) is 14.9. The van der Waals surface area contributed by atoms with E-state index in [4.69, 9.17) is 4.74 Å². The fraction of sp³-hybridized carbons (Fsp3) is 0.263. The second-order valence-corrected chi connectivity index (χ2v) is 7.20. The molecule has 0 saturated carbocycles. The van der Waals surface area contributed by atoms with Crippen LogP contribution in [0.1, 0.15) is 19.4 Å². The number of para-hydroxylation sites is 2. The average molecular weight is 383 g/mol. The Balaban J connectivity index is 1.74. The van der Waals surface area contributed by atoms with Gasteiger partial charge < -0.3 is 10.1 Å². The van der Waals surface area contributed by atoms with Crippen LogP contribution in [0.25, 0.3) is 5.69 Å². The molecule has 0 spiro atoms. The van der Waals surface area contributed by atoms with Crippen LogP contribution in [-0.4, -0.2) is 38.0 Å². The molecule has 0 fully saturated rings. The van der Waals surface area contributed by atoms with Crippen LogP contribution in [0.3, 0.4) is 0 Å². The van der Waals surface area contributed by atoms with Gasteiger partial charge in [-0.3, -0.25) is 4.79 Å². The van der Waals surface area contributed by atoms with Crippen LogP contribution in [0, 0.1) is 6.92 Å². The summed E-state index contributed by atoms with van der Waals surface area (Å²) in [6.07, 6.45) is 0. The maximum absolute atomic E-state index is 12.5. The Bertz CT molecular complexity index is 910. The van der Waals surface area contributed by atoms with E-state index in [2.05, 4.69) is 20.8 Å². The van der Waals surface area contributed by atoms with Crippen molar-refractivity contribution < 1.29 is 9.53 Å². The number of ether oxygens (including phenoxy) is 1. The Morgan fingerprint density at radius 2 is 1.96 bits per heavy atom. The number of nitrogens with one attached hydrogen (secondary N) is 1. The second-order valence-electron chi connectivity index (χ2n) is 5.89. The number of benzene rings is 2. The van der Waals surface area contributed by atoms with Crippen molar-refractivity contribution in [2.45, 2.75) is 31.2 Å².